The molecule has 122 valence electrons. The van der Waals surface area contributed by atoms with E-state index in [1.807, 2.05) is 6.92 Å². The molecule has 1 saturated carbocycles. The van der Waals surface area contributed by atoms with Crippen molar-refractivity contribution in [2.75, 3.05) is 7.11 Å². The number of methoxy groups -OCH3 is 1. The van der Waals surface area contributed by atoms with Crippen LogP contribution in [0.5, 0.6) is 0 Å². The number of hydrogen-bond acceptors (Lipinski definition) is 5. The minimum atomic E-state index is -0.796. The SMILES string of the molecule is CC[C@@H]1C[C@@]2(CC)OC(=CC(=O)OC)[C@@]3(CC)OC(=O)[C@@H]1[C@@H]23. The molecule has 0 amide bonds. The summed E-state index contributed by atoms with van der Waals surface area (Å²) in [5, 5.41) is 0. The summed E-state index contributed by atoms with van der Waals surface area (Å²) in [6.45, 7) is 6.17. The highest BCUT2D eigenvalue weighted by atomic mass is 16.6. The third-order valence-electron chi connectivity index (χ3n) is 5.93. The summed E-state index contributed by atoms with van der Waals surface area (Å²) in [4.78, 5) is 24.2. The van der Waals surface area contributed by atoms with Crippen LogP contribution in [0.1, 0.15) is 46.5 Å². The van der Waals surface area contributed by atoms with E-state index in [0.717, 1.165) is 19.3 Å². The van der Waals surface area contributed by atoms with Crippen LogP contribution in [0.15, 0.2) is 11.8 Å². The van der Waals surface area contributed by atoms with Gasteiger partial charge in [0.1, 0.15) is 11.4 Å². The molecule has 3 aliphatic rings. The van der Waals surface area contributed by atoms with Crippen LogP contribution >= 0.6 is 0 Å². The highest BCUT2D eigenvalue weighted by Crippen LogP contribution is 2.66. The summed E-state index contributed by atoms with van der Waals surface area (Å²) in [7, 11) is 1.33. The summed E-state index contributed by atoms with van der Waals surface area (Å²) >= 11 is 0. The quantitative estimate of drug-likeness (QED) is 0.590. The van der Waals surface area contributed by atoms with E-state index in [2.05, 4.69) is 13.8 Å². The fraction of sp³-hybridized carbons (Fsp3) is 0.765. The first-order valence-corrected chi connectivity index (χ1v) is 8.20. The van der Waals surface area contributed by atoms with Gasteiger partial charge in [-0.3, -0.25) is 4.79 Å². The number of rotatable bonds is 4. The van der Waals surface area contributed by atoms with Gasteiger partial charge in [0.15, 0.2) is 5.60 Å². The van der Waals surface area contributed by atoms with E-state index in [4.69, 9.17) is 14.2 Å². The Labute approximate surface area is 131 Å². The van der Waals surface area contributed by atoms with Gasteiger partial charge < -0.3 is 14.2 Å². The third kappa shape index (κ3) is 1.71. The fourth-order valence-corrected chi connectivity index (χ4v) is 4.88. The molecule has 5 atom stereocenters. The molecule has 0 spiro atoms. The van der Waals surface area contributed by atoms with Crippen LogP contribution in [-0.4, -0.2) is 30.3 Å². The van der Waals surface area contributed by atoms with Crippen molar-refractivity contribution in [2.24, 2.45) is 17.8 Å². The molecule has 0 aromatic heterocycles. The Morgan fingerprint density at radius 2 is 2.05 bits per heavy atom. The molecule has 5 nitrogen and oxygen atoms in total. The zero-order valence-electron chi connectivity index (χ0n) is 13.7. The van der Waals surface area contributed by atoms with Crippen LogP contribution < -0.4 is 0 Å². The molecule has 1 aliphatic carbocycles. The zero-order valence-corrected chi connectivity index (χ0v) is 13.7. The summed E-state index contributed by atoms with van der Waals surface area (Å²) < 4.78 is 16.8. The first-order valence-electron chi connectivity index (χ1n) is 8.20. The first-order chi connectivity index (χ1) is 10.5. The predicted octanol–water partition coefficient (Wildman–Crippen LogP) is 2.59. The zero-order chi connectivity index (χ0) is 16.1. The number of carbonyl (C=O) groups is 2. The number of carbonyl (C=O) groups excluding carboxylic acids is 2. The van der Waals surface area contributed by atoms with Crippen LogP contribution in [0, 0.1) is 17.8 Å². The van der Waals surface area contributed by atoms with E-state index < -0.39 is 17.2 Å². The number of ether oxygens (including phenoxy) is 3. The molecule has 0 N–H and O–H groups in total. The van der Waals surface area contributed by atoms with Crippen molar-refractivity contribution in [1.29, 1.82) is 0 Å². The van der Waals surface area contributed by atoms with E-state index >= 15 is 0 Å². The Balaban J connectivity index is 2.11. The highest BCUT2D eigenvalue weighted by molar-refractivity contribution is 5.84. The molecular formula is C17H24O5. The van der Waals surface area contributed by atoms with Gasteiger partial charge in [0.2, 0.25) is 0 Å². The van der Waals surface area contributed by atoms with Crippen molar-refractivity contribution in [3.63, 3.8) is 0 Å². The van der Waals surface area contributed by atoms with Crippen LogP contribution in [-0.2, 0) is 23.8 Å². The van der Waals surface area contributed by atoms with Gasteiger partial charge in [-0.25, -0.2) is 4.79 Å². The maximum Gasteiger partial charge on any atom is 0.334 e. The number of esters is 2. The Bertz CT molecular complexity index is 539. The maximum absolute atomic E-state index is 12.5. The molecule has 0 aromatic carbocycles. The van der Waals surface area contributed by atoms with Crippen molar-refractivity contribution in [3.05, 3.63) is 11.8 Å². The van der Waals surface area contributed by atoms with Gasteiger partial charge >= 0.3 is 11.9 Å². The van der Waals surface area contributed by atoms with Crippen LogP contribution in [0.25, 0.3) is 0 Å². The van der Waals surface area contributed by atoms with Gasteiger partial charge in [0.05, 0.1) is 25.0 Å². The molecule has 2 saturated heterocycles. The highest BCUT2D eigenvalue weighted by Gasteiger charge is 2.75. The second-order valence-electron chi connectivity index (χ2n) is 6.59. The van der Waals surface area contributed by atoms with Crippen molar-refractivity contribution >= 4 is 11.9 Å². The van der Waals surface area contributed by atoms with Crippen molar-refractivity contribution in [2.45, 2.75) is 57.7 Å². The second kappa shape index (κ2) is 5.00. The normalized spacial score (nSPS) is 43.9. The van der Waals surface area contributed by atoms with Crippen LogP contribution in [0.4, 0.5) is 0 Å². The second-order valence-corrected chi connectivity index (χ2v) is 6.59. The van der Waals surface area contributed by atoms with Crippen LogP contribution in [0.3, 0.4) is 0 Å². The first kappa shape index (κ1) is 15.4. The molecule has 2 aliphatic heterocycles. The number of hydrogen-bond donors (Lipinski definition) is 0. The lowest BCUT2D eigenvalue weighted by Crippen LogP contribution is -2.40. The average molecular weight is 308 g/mol. The molecule has 0 unspecified atom stereocenters. The lowest BCUT2D eigenvalue weighted by atomic mass is 9.74. The smallest absolute Gasteiger partial charge is 0.334 e. The van der Waals surface area contributed by atoms with E-state index in [9.17, 15) is 9.59 Å². The maximum atomic E-state index is 12.5. The molecule has 2 heterocycles. The van der Waals surface area contributed by atoms with Gasteiger partial charge in [-0.1, -0.05) is 27.2 Å². The van der Waals surface area contributed by atoms with Crippen molar-refractivity contribution < 1.29 is 23.8 Å². The largest absolute Gasteiger partial charge is 0.487 e. The molecule has 0 aromatic rings. The summed E-state index contributed by atoms with van der Waals surface area (Å²) in [6.07, 6.45) is 4.57. The predicted molar refractivity (Wildman–Crippen MR) is 78.7 cm³/mol. The molecule has 22 heavy (non-hydrogen) atoms. The van der Waals surface area contributed by atoms with Crippen molar-refractivity contribution in [3.8, 4) is 0 Å². The molecule has 0 radical (unpaired) electrons. The molecule has 3 fully saturated rings. The van der Waals surface area contributed by atoms with Gasteiger partial charge in [-0.15, -0.1) is 0 Å². The van der Waals surface area contributed by atoms with Gasteiger partial charge in [0.25, 0.3) is 0 Å². The van der Waals surface area contributed by atoms with Crippen LogP contribution in [0.2, 0.25) is 0 Å². The Hall–Kier alpha value is -1.52. The molecule has 5 heteroatoms. The Kier molecular flexibility index (Phi) is 3.49. The standard InChI is InChI=1S/C17H24O5/c1-5-10-9-16(6-2)14-13(10)15(19)22-17(14,7-3)11(21-16)8-12(18)20-4/h8,10,13-14H,5-7,9H2,1-4H3/t10-,13+,14+,16-,17-/m1/s1. The average Bonchev–Trinajstić information content (AvgIpc) is 3.10. The minimum Gasteiger partial charge on any atom is -0.487 e. The van der Waals surface area contributed by atoms with Gasteiger partial charge in [-0.2, -0.15) is 0 Å². The molecular weight excluding hydrogens is 284 g/mol. The van der Waals surface area contributed by atoms with Crippen molar-refractivity contribution in [1.82, 2.24) is 0 Å². The monoisotopic (exact) mass is 308 g/mol. The summed E-state index contributed by atoms with van der Waals surface area (Å²) in [6, 6.07) is 0. The van der Waals surface area contributed by atoms with E-state index in [-0.39, 0.29) is 17.8 Å². The van der Waals surface area contributed by atoms with E-state index in [0.29, 0.717) is 18.1 Å². The third-order valence-corrected chi connectivity index (χ3v) is 5.93. The minimum absolute atomic E-state index is 0.00311. The summed E-state index contributed by atoms with van der Waals surface area (Å²) in [5.41, 5.74) is -1.19. The topological polar surface area (TPSA) is 61.8 Å². The van der Waals surface area contributed by atoms with E-state index in [1.54, 1.807) is 0 Å². The molecule has 3 rings (SSSR count). The lowest BCUT2D eigenvalue weighted by molar-refractivity contribution is -0.151. The fourth-order valence-electron chi connectivity index (χ4n) is 4.88. The molecule has 0 bridgehead atoms. The Morgan fingerprint density at radius 1 is 1.32 bits per heavy atom. The lowest BCUT2D eigenvalue weighted by Gasteiger charge is -2.28. The van der Waals surface area contributed by atoms with Gasteiger partial charge in [-0.05, 0) is 25.2 Å². The summed E-state index contributed by atoms with van der Waals surface area (Å²) in [5.74, 6) is 0.0511. The Morgan fingerprint density at radius 3 is 2.59 bits per heavy atom. The van der Waals surface area contributed by atoms with Gasteiger partial charge in [0, 0.05) is 0 Å². The van der Waals surface area contributed by atoms with E-state index in [1.165, 1.54) is 13.2 Å².